The van der Waals surface area contributed by atoms with Crippen LogP contribution < -0.4 is 5.32 Å². The molecule has 25 heavy (non-hydrogen) atoms. The van der Waals surface area contributed by atoms with E-state index in [-0.39, 0.29) is 18.1 Å². The number of carbonyl (C=O) groups is 2. The third kappa shape index (κ3) is 3.95. The van der Waals surface area contributed by atoms with Gasteiger partial charge in [-0.05, 0) is 25.2 Å². The number of aromatic amines is 1. The monoisotopic (exact) mass is 364 g/mol. The Balaban J connectivity index is 1.82. The molecule has 2 N–H and O–H groups in total. The molecule has 0 aliphatic carbocycles. The van der Waals surface area contributed by atoms with E-state index in [1.165, 1.54) is 7.11 Å². The summed E-state index contributed by atoms with van der Waals surface area (Å²) in [6.07, 6.45) is 0. The number of nitrogens with one attached hydrogen (secondary N) is 2. The fraction of sp³-hybridized carbons (Fsp3) is 0.412. The quantitative estimate of drug-likeness (QED) is 0.809. The summed E-state index contributed by atoms with van der Waals surface area (Å²) in [5.41, 5.74) is 1.33. The Labute approximate surface area is 150 Å². The average molecular weight is 365 g/mol. The number of hydrogen-bond acceptors (Lipinski definition) is 5. The fourth-order valence-electron chi connectivity index (χ4n) is 2.94. The van der Waals surface area contributed by atoms with Crippen LogP contribution in [-0.2, 0) is 9.53 Å². The van der Waals surface area contributed by atoms with Gasteiger partial charge in [-0.15, -0.1) is 0 Å². The molecule has 0 bridgehead atoms. The van der Waals surface area contributed by atoms with Crippen molar-refractivity contribution < 1.29 is 14.3 Å². The zero-order valence-electron chi connectivity index (χ0n) is 14.3. The molecule has 7 nitrogen and oxygen atoms in total. The smallest absolute Gasteiger partial charge is 0.356 e. The van der Waals surface area contributed by atoms with Crippen LogP contribution in [0.25, 0.3) is 10.9 Å². The minimum atomic E-state index is -0.540. The molecule has 0 spiro atoms. The molecule has 8 heteroatoms. The van der Waals surface area contributed by atoms with Crippen molar-refractivity contribution in [3.63, 3.8) is 0 Å². The molecule has 2 heterocycles. The van der Waals surface area contributed by atoms with Gasteiger partial charge in [0.25, 0.3) is 0 Å². The highest BCUT2D eigenvalue weighted by Gasteiger charge is 2.22. The highest BCUT2D eigenvalue weighted by molar-refractivity contribution is 6.31. The number of aromatic nitrogens is 1. The SMILES string of the molecule is COC(=O)c1[nH]c2ccc(Cl)cc2c1NC(=O)CN1CCN(C)CC1. The van der Waals surface area contributed by atoms with Gasteiger partial charge in [0.1, 0.15) is 5.69 Å². The highest BCUT2D eigenvalue weighted by atomic mass is 35.5. The Morgan fingerprint density at radius 1 is 1.28 bits per heavy atom. The van der Waals surface area contributed by atoms with Crippen LogP contribution in [0.4, 0.5) is 5.69 Å². The van der Waals surface area contributed by atoms with E-state index in [4.69, 9.17) is 16.3 Å². The van der Waals surface area contributed by atoms with Gasteiger partial charge in [0, 0.05) is 42.1 Å². The van der Waals surface area contributed by atoms with Crippen LogP contribution in [0.1, 0.15) is 10.5 Å². The Hall–Kier alpha value is -2.09. The number of nitrogens with zero attached hydrogens (tertiary/aromatic N) is 2. The third-order valence-electron chi connectivity index (χ3n) is 4.38. The Morgan fingerprint density at radius 3 is 2.68 bits per heavy atom. The van der Waals surface area contributed by atoms with E-state index < -0.39 is 5.97 Å². The molecule has 1 aromatic carbocycles. The van der Waals surface area contributed by atoms with Gasteiger partial charge in [-0.3, -0.25) is 9.69 Å². The van der Waals surface area contributed by atoms with Gasteiger partial charge in [0.2, 0.25) is 5.91 Å². The van der Waals surface area contributed by atoms with Crippen molar-refractivity contribution in [2.45, 2.75) is 0 Å². The van der Waals surface area contributed by atoms with Gasteiger partial charge >= 0.3 is 5.97 Å². The van der Waals surface area contributed by atoms with Crippen molar-refractivity contribution in [3.8, 4) is 0 Å². The van der Waals surface area contributed by atoms with Crippen molar-refractivity contribution >= 4 is 40.1 Å². The molecule has 1 fully saturated rings. The molecule has 0 atom stereocenters. The maximum Gasteiger partial charge on any atom is 0.356 e. The van der Waals surface area contributed by atoms with E-state index >= 15 is 0 Å². The normalized spacial score (nSPS) is 16.1. The number of methoxy groups -OCH3 is 1. The Bertz CT molecular complexity index is 797. The first-order chi connectivity index (χ1) is 12.0. The van der Waals surface area contributed by atoms with Gasteiger partial charge < -0.3 is 19.9 Å². The highest BCUT2D eigenvalue weighted by Crippen LogP contribution is 2.30. The number of anilines is 1. The second kappa shape index (κ2) is 7.43. The van der Waals surface area contributed by atoms with Gasteiger partial charge in [-0.2, -0.15) is 0 Å². The van der Waals surface area contributed by atoms with Crippen LogP contribution in [0.5, 0.6) is 0 Å². The zero-order valence-corrected chi connectivity index (χ0v) is 15.0. The van der Waals surface area contributed by atoms with E-state index in [0.29, 0.717) is 21.6 Å². The summed E-state index contributed by atoms with van der Waals surface area (Å²) >= 11 is 6.06. The Morgan fingerprint density at radius 2 is 2.00 bits per heavy atom. The summed E-state index contributed by atoms with van der Waals surface area (Å²) in [6.45, 7) is 3.83. The average Bonchev–Trinajstić information content (AvgIpc) is 2.94. The van der Waals surface area contributed by atoms with E-state index in [1.807, 2.05) is 0 Å². The summed E-state index contributed by atoms with van der Waals surface area (Å²) in [7, 11) is 3.37. The van der Waals surface area contributed by atoms with Gasteiger partial charge in [0.15, 0.2) is 0 Å². The molecular weight excluding hydrogens is 344 g/mol. The van der Waals surface area contributed by atoms with Crippen LogP contribution in [0.15, 0.2) is 18.2 Å². The lowest BCUT2D eigenvalue weighted by molar-refractivity contribution is -0.117. The second-order valence-corrected chi connectivity index (χ2v) is 6.62. The number of amides is 1. The summed E-state index contributed by atoms with van der Waals surface area (Å²) in [5, 5.41) is 4.06. The van der Waals surface area contributed by atoms with Crippen molar-refractivity contribution in [3.05, 3.63) is 28.9 Å². The molecule has 2 aromatic rings. The van der Waals surface area contributed by atoms with Crippen molar-refractivity contribution in [1.29, 1.82) is 0 Å². The number of rotatable bonds is 4. The number of benzene rings is 1. The molecule has 3 rings (SSSR count). The predicted molar refractivity (Wildman–Crippen MR) is 97.2 cm³/mol. The summed E-state index contributed by atoms with van der Waals surface area (Å²) in [6, 6.07) is 5.20. The van der Waals surface area contributed by atoms with Crippen molar-refractivity contribution in [1.82, 2.24) is 14.8 Å². The molecule has 134 valence electrons. The molecule has 1 amide bonds. The minimum absolute atomic E-state index is 0.171. The number of H-pyrrole nitrogens is 1. The number of likely N-dealkylation sites (N-methyl/N-ethyl adjacent to an activating group) is 1. The topological polar surface area (TPSA) is 77.7 Å². The molecule has 1 saturated heterocycles. The van der Waals surface area contributed by atoms with Gasteiger partial charge in [0.05, 0.1) is 19.3 Å². The number of halogens is 1. The predicted octanol–water partition coefficient (Wildman–Crippen LogP) is 1.79. The first-order valence-electron chi connectivity index (χ1n) is 8.08. The molecular formula is C17H21ClN4O3. The van der Waals surface area contributed by atoms with Crippen LogP contribution in [0.2, 0.25) is 5.02 Å². The largest absolute Gasteiger partial charge is 0.464 e. The standard InChI is InChI=1S/C17H21ClN4O3/c1-21-5-7-22(8-6-21)10-14(23)20-15-12-9-11(18)3-4-13(12)19-16(15)17(24)25-2/h3-4,9,19H,5-8,10H2,1-2H3,(H,20,23). The second-order valence-electron chi connectivity index (χ2n) is 6.18. The molecule has 1 aliphatic heterocycles. The number of fused-ring (bicyclic) bond motifs is 1. The van der Waals surface area contributed by atoms with E-state index in [1.54, 1.807) is 18.2 Å². The number of esters is 1. The molecule has 0 saturated carbocycles. The number of carbonyl (C=O) groups excluding carboxylic acids is 2. The number of hydrogen-bond donors (Lipinski definition) is 2. The minimum Gasteiger partial charge on any atom is -0.464 e. The molecule has 1 aliphatic rings. The third-order valence-corrected chi connectivity index (χ3v) is 4.61. The summed E-state index contributed by atoms with van der Waals surface area (Å²) < 4.78 is 4.81. The molecule has 1 aromatic heterocycles. The van der Waals surface area contributed by atoms with E-state index in [2.05, 4.69) is 27.1 Å². The number of piperazine rings is 1. The summed E-state index contributed by atoms with van der Waals surface area (Å²) in [4.78, 5) is 31.8. The number of ether oxygens (including phenoxy) is 1. The fourth-order valence-corrected chi connectivity index (χ4v) is 3.11. The van der Waals surface area contributed by atoms with Crippen LogP contribution in [0, 0.1) is 0 Å². The lowest BCUT2D eigenvalue weighted by atomic mass is 10.2. The maximum atomic E-state index is 12.5. The lowest BCUT2D eigenvalue weighted by Crippen LogP contribution is -2.47. The van der Waals surface area contributed by atoms with E-state index in [9.17, 15) is 9.59 Å². The summed E-state index contributed by atoms with van der Waals surface area (Å²) in [5.74, 6) is -0.710. The van der Waals surface area contributed by atoms with Crippen LogP contribution in [0.3, 0.4) is 0 Å². The maximum absolute atomic E-state index is 12.5. The van der Waals surface area contributed by atoms with Gasteiger partial charge in [-0.1, -0.05) is 11.6 Å². The van der Waals surface area contributed by atoms with E-state index in [0.717, 1.165) is 26.2 Å². The molecule has 0 unspecified atom stereocenters. The van der Waals surface area contributed by atoms with Crippen molar-refractivity contribution in [2.75, 3.05) is 52.2 Å². The van der Waals surface area contributed by atoms with Gasteiger partial charge in [-0.25, -0.2) is 4.79 Å². The first kappa shape index (κ1) is 17.7. The van der Waals surface area contributed by atoms with Crippen LogP contribution in [-0.4, -0.2) is 73.5 Å². The Kier molecular flexibility index (Phi) is 5.27. The van der Waals surface area contributed by atoms with Crippen molar-refractivity contribution in [2.24, 2.45) is 0 Å². The van der Waals surface area contributed by atoms with Crippen LogP contribution >= 0.6 is 11.6 Å². The first-order valence-corrected chi connectivity index (χ1v) is 8.46. The molecule has 0 radical (unpaired) electrons. The zero-order chi connectivity index (χ0) is 18.0. The lowest BCUT2D eigenvalue weighted by Gasteiger charge is -2.31.